The van der Waals surface area contributed by atoms with Crippen molar-refractivity contribution in [2.45, 2.75) is 24.3 Å². The lowest BCUT2D eigenvalue weighted by Gasteiger charge is -2.07. The molecule has 0 radical (unpaired) electrons. The van der Waals surface area contributed by atoms with E-state index in [9.17, 15) is 0 Å². The molecule has 5 aromatic rings. The quantitative estimate of drug-likeness (QED) is 0.256. The minimum absolute atomic E-state index is 0.640. The normalized spacial score (nSPS) is 13.4. The lowest BCUT2D eigenvalue weighted by atomic mass is 10.2. The summed E-state index contributed by atoms with van der Waals surface area (Å²) in [5, 5.41) is 6.66. The third-order valence-electron chi connectivity index (χ3n) is 5.61. The number of aryl methyl sites for hydroxylation is 1. The molecule has 0 bridgehead atoms. The molecule has 3 aromatic carbocycles. The van der Waals surface area contributed by atoms with E-state index in [4.69, 9.17) is 24.5 Å². The van der Waals surface area contributed by atoms with Crippen LogP contribution in [0, 0.1) is 6.92 Å². The minimum Gasteiger partial charge on any atom is -0.490 e. The van der Waals surface area contributed by atoms with E-state index in [0.717, 1.165) is 50.9 Å². The van der Waals surface area contributed by atoms with Crippen molar-refractivity contribution in [2.24, 2.45) is 0 Å². The summed E-state index contributed by atoms with van der Waals surface area (Å²) in [7, 11) is 0. The molecule has 7 heteroatoms. The number of fused-ring (bicyclic) bond motifs is 4. The highest BCUT2D eigenvalue weighted by Crippen LogP contribution is 2.34. The van der Waals surface area contributed by atoms with Gasteiger partial charge in [0.05, 0.1) is 18.7 Å². The molecule has 0 fully saturated rings. The van der Waals surface area contributed by atoms with Gasteiger partial charge in [0.2, 0.25) is 0 Å². The smallest absolute Gasteiger partial charge is 0.191 e. The van der Waals surface area contributed by atoms with E-state index >= 15 is 0 Å². The zero-order valence-corrected chi connectivity index (χ0v) is 19.0. The summed E-state index contributed by atoms with van der Waals surface area (Å²) in [5.74, 6) is 2.95. The Balaban J connectivity index is 1.44. The van der Waals surface area contributed by atoms with Crippen LogP contribution in [0.4, 0.5) is 0 Å². The molecule has 0 saturated carbocycles. The fourth-order valence-electron chi connectivity index (χ4n) is 4.00. The second kappa shape index (κ2) is 8.41. The summed E-state index contributed by atoms with van der Waals surface area (Å²) < 4.78 is 13.5. The maximum absolute atomic E-state index is 5.87. The Morgan fingerprint density at radius 1 is 0.909 bits per heavy atom. The van der Waals surface area contributed by atoms with Gasteiger partial charge >= 0.3 is 0 Å². The number of aromatic nitrogens is 4. The Morgan fingerprint density at radius 2 is 1.79 bits per heavy atom. The molecular weight excluding hydrogens is 432 g/mol. The van der Waals surface area contributed by atoms with Gasteiger partial charge in [-0.15, -0.1) is 5.10 Å². The standard InChI is InChI=1S/C26H22N4O2S/c1-17-6-4-7-18(14-17)16-33-26-27-21-9-3-2-8-20(21)25-28-24(29-30(25)26)19-10-11-22-23(15-19)32-13-5-12-31-22/h2-4,6-11,14-15H,5,12-13,16H2,1H3. The summed E-state index contributed by atoms with van der Waals surface area (Å²) in [6.07, 6.45) is 0.871. The minimum atomic E-state index is 0.640. The number of hydrogen-bond donors (Lipinski definition) is 0. The van der Waals surface area contributed by atoms with Crippen molar-refractivity contribution in [3.05, 3.63) is 77.9 Å². The molecule has 6 rings (SSSR count). The highest BCUT2D eigenvalue weighted by molar-refractivity contribution is 7.98. The molecule has 0 amide bonds. The van der Waals surface area contributed by atoms with Crippen LogP contribution in [-0.2, 0) is 5.75 Å². The second-order valence-electron chi connectivity index (χ2n) is 8.07. The van der Waals surface area contributed by atoms with Crippen LogP contribution in [0.3, 0.4) is 0 Å². The molecule has 0 atom stereocenters. The number of rotatable bonds is 4. The van der Waals surface area contributed by atoms with E-state index in [2.05, 4.69) is 31.2 Å². The third-order valence-corrected chi connectivity index (χ3v) is 6.61. The maximum Gasteiger partial charge on any atom is 0.191 e. The zero-order chi connectivity index (χ0) is 22.2. The molecule has 0 aliphatic carbocycles. The Labute approximate surface area is 195 Å². The number of hydrogen-bond acceptors (Lipinski definition) is 6. The number of thioether (sulfide) groups is 1. The zero-order valence-electron chi connectivity index (χ0n) is 18.2. The molecule has 1 aliphatic heterocycles. The van der Waals surface area contributed by atoms with E-state index in [1.54, 1.807) is 11.8 Å². The molecule has 1 aliphatic rings. The summed E-state index contributed by atoms with van der Waals surface area (Å²) in [5.41, 5.74) is 5.11. The van der Waals surface area contributed by atoms with Crippen molar-refractivity contribution in [1.82, 2.24) is 19.6 Å². The summed E-state index contributed by atoms with van der Waals surface area (Å²) in [6.45, 7) is 3.42. The number of benzene rings is 3. The van der Waals surface area contributed by atoms with Gasteiger partial charge in [-0.1, -0.05) is 53.7 Å². The van der Waals surface area contributed by atoms with Crippen LogP contribution in [0.1, 0.15) is 17.5 Å². The first-order valence-electron chi connectivity index (χ1n) is 11.0. The highest BCUT2D eigenvalue weighted by atomic mass is 32.2. The Kier molecular flexibility index (Phi) is 5.11. The van der Waals surface area contributed by atoms with Crippen LogP contribution in [0.15, 0.2) is 71.9 Å². The molecule has 0 N–H and O–H groups in total. The van der Waals surface area contributed by atoms with E-state index in [-0.39, 0.29) is 0 Å². The lowest BCUT2D eigenvalue weighted by molar-refractivity contribution is 0.297. The van der Waals surface area contributed by atoms with E-state index < -0.39 is 0 Å². The van der Waals surface area contributed by atoms with Crippen molar-refractivity contribution >= 4 is 28.3 Å². The van der Waals surface area contributed by atoms with Gasteiger partial charge in [0.1, 0.15) is 0 Å². The predicted molar refractivity (Wildman–Crippen MR) is 130 cm³/mol. The van der Waals surface area contributed by atoms with E-state index in [0.29, 0.717) is 19.0 Å². The third kappa shape index (κ3) is 3.89. The average Bonchev–Trinajstić information content (AvgIpc) is 3.16. The van der Waals surface area contributed by atoms with E-state index in [1.165, 1.54) is 11.1 Å². The monoisotopic (exact) mass is 454 g/mol. The van der Waals surface area contributed by atoms with Crippen molar-refractivity contribution in [3.8, 4) is 22.9 Å². The molecule has 6 nitrogen and oxygen atoms in total. The molecule has 2 aromatic heterocycles. The Hall–Kier alpha value is -3.58. The summed E-state index contributed by atoms with van der Waals surface area (Å²) in [4.78, 5) is 9.82. The van der Waals surface area contributed by atoms with Crippen LogP contribution in [0.5, 0.6) is 11.5 Å². The number of para-hydroxylation sites is 1. The second-order valence-corrected chi connectivity index (χ2v) is 9.01. The summed E-state index contributed by atoms with van der Waals surface area (Å²) >= 11 is 1.67. The van der Waals surface area contributed by atoms with Crippen LogP contribution in [0.2, 0.25) is 0 Å². The molecule has 0 spiro atoms. The van der Waals surface area contributed by atoms with Crippen molar-refractivity contribution in [2.75, 3.05) is 13.2 Å². The van der Waals surface area contributed by atoms with Crippen LogP contribution in [-0.4, -0.2) is 32.8 Å². The predicted octanol–water partition coefficient (Wildman–Crippen LogP) is 5.71. The topological polar surface area (TPSA) is 61.5 Å². The van der Waals surface area contributed by atoms with Gasteiger partial charge in [-0.2, -0.15) is 4.52 Å². The number of ether oxygens (including phenoxy) is 2. The fraction of sp³-hybridized carbons (Fsp3) is 0.192. The fourth-order valence-corrected chi connectivity index (χ4v) is 4.89. The molecule has 0 unspecified atom stereocenters. The van der Waals surface area contributed by atoms with Gasteiger partial charge in [0.25, 0.3) is 0 Å². The lowest BCUT2D eigenvalue weighted by Crippen LogP contribution is -1.98. The van der Waals surface area contributed by atoms with Gasteiger partial charge in [-0.25, -0.2) is 9.97 Å². The molecular formula is C26H22N4O2S. The first-order valence-corrected chi connectivity index (χ1v) is 12.0. The molecule has 164 valence electrons. The van der Waals surface area contributed by atoms with Gasteiger partial charge < -0.3 is 9.47 Å². The average molecular weight is 455 g/mol. The first-order chi connectivity index (χ1) is 16.2. The van der Waals surface area contributed by atoms with Crippen molar-refractivity contribution in [3.63, 3.8) is 0 Å². The van der Waals surface area contributed by atoms with E-state index in [1.807, 2.05) is 47.0 Å². The van der Waals surface area contributed by atoms with Crippen LogP contribution >= 0.6 is 11.8 Å². The van der Waals surface area contributed by atoms with Gasteiger partial charge in [-0.05, 0) is 42.8 Å². The largest absolute Gasteiger partial charge is 0.490 e. The first kappa shape index (κ1) is 20.1. The number of nitrogens with zero attached hydrogens (tertiary/aromatic N) is 4. The van der Waals surface area contributed by atoms with Crippen molar-refractivity contribution in [1.29, 1.82) is 0 Å². The highest BCUT2D eigenvalue weighted by Gasteiger charge is 2.17. The molecule has 33 heavy (non-hydrogen) atoms. The maximum atomic E-state index is 5.87. The summed E-state index contributed by atoms with van der Waals surface area (Å²) in [6, 6.07) is 22.5. The van der Waals surface area contributed by atoms with Gasteiger partial charge in [0.15, 0.2) is 28.1 Å². The van der Waals surface area contributed by atoms with Crippen LogP contribution in [0.25, 0.3) is 27.9 Å². The Morgan fingerprint density at radius 3 is 2.70 bits per heavy atom. The van der Waals surface area contributed by atoms with Crippen molar-refractivity contribution < 1.29 is 9.47 Å². The Bertz CT molecular complexity index is 1480. The molecule has 3 heterocycles. The van der Waals surface area contributed by atoms with Gasteiger partial charge in [0, 0.05) is 23.1 Å². The van der Waals surface area contributed by atoms with Crippen LogP contribution < -0.4 is 9.47 Å². The van der Waals surface area contributed by atoms with Gasteiger partial charge in [-0.3, -0.25) is 0 Å². The molecule has 0 saturated heterocycles. The SMILES string of the molecule is Cc1cccc(CSc2nc3ccccc3c3nc(-c4ccc5c(c4)OCCCO5)nn23)c1.